The average molecular weight is 392 g/mol. The first-order valence-electron chi connectivity index (χ1n) is 9.22. The highest BCUT2D eigenvalue weighted by atomic mass is 16.4. The Bertz CT molecular complexity index is 971. The molecular formula is C23H20O6. The fourth-order valence-electron chi connectivity index (χ4n) is 4.61. The first-order valence-corrected chi connectivity index (χ1v) is 9.22. The number of benzene rings is 2. The van der Waals surface area contributed by atoms with E-state index in [0.29, 0.717) is 22.3 Å². The standard InChI is InChI=1S/C23H20O6/c24-18-11-9-14-5-1-3-7-16(14)22(18,20(26)27)13-23(21(28)29)17-8-4-2-6-15(17)10-12-19(23)25/h1-12,18-19,24-25H,13H2,(H,26,27)(H,28,29). The molecule has 6 heteroatoms. The van der Waals surface area contributed by atoms with Gasteiger partial charge in [0, 0.05) is 0 Å². The average Bonchev–Trinajstić information content (AvgIpc) is 2.71. The fraction of sp³-hybridized carbons (Fsp3) is 0.217. The minimum atomic E-state index is -1.94. The summed E-state index contributed by atoms with van der Waals surface area (Å²) in [6, 6.07) is 13.4. The van der Waals surface area contributed by atoms with E-state index in [1.807, 2.05) is 0 Å². The summed E-state index contributed by atoms with van der Waals surface area (Å²) in [7, 11) is 0. The normalized spacial score (nSPS) is 29.7. The molecule has 4 N–H and O–H groups in total. The summed E-state index contributed by atoms with van der Waals surface area (Å²) in [4.78, 5) is 25.2. The van der Waals surface area contributed by atoms with Gasteiger partial charge < -0.3 is 20.4 Å². The van der Waals surface area contributed by atoms with Gasteiger partial charge in [0.2, 0.25) is 0 Å². The Morgan fingerprint density at radius 3 is 1.48 bits per heavy atom. The largest absolute Gasteiger partial charge is 0.480 e. The number of carboxylic acid groups (broad SMARTS) is 2. The van der Waals surface area contributed by atoms with Gasteiger partial charge in [-0.3, -0.25) is 9.59 Å². The molecule has 29 heavy (non-hydrogen) atoms. The van der Waals surface area contributed by atoms with Gasteiger partial charge in [0.25, 0.3) is 0 Å². The van der Waals surface area contributed by atoms with Crippen LogP contribution in [0, 0.1) is 0 Å². The van der Waals surface area contributed by atoms with Gasteiger partial charge in [-0.15, -0.1) is 0 Å². The summed E-state index contributed by atoms with van der Waals surface area (Å²) >= 11 is 0. The van der Waals surface area contributed by atoms with E-state index < -0.39 is 41.4 Å². The quantitative estimate of drug-likeness (QED) is 0.634. The monoisotopic (exact) mass is 392 g/mol. The van der Waals surface area contributed by atoms with E-state index >= 15 is 0 Å². The van der Waals surface area contributed by atoms with E-state index in [1.165, 1.54) is 12.2 Å². The van der Waals surface area contributed by atoms with Crippen molar-refractivity contribution < 1.29 is 30.0 Å². The summed E-state index contributed by atoms with van der Waals surface area (Å²) < 4.78 is 0. The van der Waals surface area contributed by atoms with E-state index in [1.54, 1.807) is 60.7 Å². The summed E-state index contributed by atoms with van der Waals surface area (Å²) in [6.07, 6.45) is 2.54. The Balaban J connectivity index is 2.00. The second-order valence-electron chi connectivity index (χ2n) is 7.51. The number of carboxylic acids is 2. The van der Waals surface area contributed by atoms with Gasteiger partial charge in [0.15, 0.2) is 0 Å². The Kier molecular flexibility index (Phi) is 4.41. The van der Waals surface area contributed by atoms with Crippen molar-refractivity contribution in [1.29, 1.82) is 0 Å². The van der Waals surface area contributed by atoms with E-state index in [-0.39, 0.29) is 0 Å². The van der Waals surface area contributed by atoms with Gasteiger partial charge in [-0.1, -0.05) is 72.8 Å². The van der Waals surface area contributed by atoms with Crippen molar-refractivity contribution in [2.45, 2.75) is 29.5 Å². The molecule has 2 aromatic rings. The third kappa shape index (κ3) is 2.57. The van der Waals surface area contributed by atoms with Crippen LogP contribution in [0.25, 0.3) is 12.2 Å². The molecule has 0 fully saturated rings. The molecule has 2 aromatic carbocycles. The fourth-order valence-corrected chi connectivity index (χ4v) is 4.61. The summed E-state index contributed by atoms with van der Waals surface area (Å²) in [5, 5.41) is 42.2. The maximum absolute atomic E-state index is 12.6. The molecule has 148 valence electrons. The second-order valence-corrected chi connectivity index (χ2v) is 7.51. The van der Waals surface area contributed by atoms with Crippen LogP contribution < -0.4 is 0 Å². The molecule has 2 aliphatic carbocycles. The van der Waals surface area contributed by atoms with Gasteiger partial charge in [0.05, 0.1) is 12.2 Å². The molecule has 0 radical (unpaired) electrons. The highest BCUT2D eigenvalue weighted by molar-refractivity contribution is 5.91. The predicted octanol–water partition coefficient (Wildman–Crippen LogP) is 2.20. The maximum Gasteiger partial charge on any atom is 0.317 e. The molecule has 4 atom stereocenters. The van der Waals surface area contributed by atoms with Gasteiger partial charge in [-0.2, -0.15) is 0 Å². The lowest BCUT2D eigenvalue weighted by Crippen LogP contribution is -2.58. The lowest BCUT2D eigenvalue weighted by atomic mass is 9.57. The second kappa shape index (κ2) is 6.69. The van der Waals surface area contributed by atoms with E-state index in [0.717, 1.165) is 0 Å². The first kappa shape index (κ1) is 19.1. The topological polar surface area (TPSA) is 115 Å². The highest BCUT2D eigenvalue weighted by Crippen LogP contribution is 2.49. The zero-order valence-corrected chi connectivity index (χ0v) is 15.4. The number of aliphatic hydroxyl groups excluding tert-OH is 2. The number of aliphatic carboxylic acids is 2. The Hall–Kier alpha value is -3.22. The van der Waals surface area contributed by atoms with Crippen molar-refractivity contribution in [2.24, 2.45) is 0 Å². The van der Waals surface area contributed by atoms with Gasteiger partial charge in [0.1, 0.15) is 10.8 Å². The number of hydrogen-bond donors (Lipinski definition) is 4. The smallest absolute Gasteiger partial charge is 0.317 e. The Morgan fingerprint density at radius 1 is 0.724 bits per heavy atom. The SMILES string of the molecule is O=C(O)C1(CC2(C(=O)O)c3ccccc3C=CC2O)c2ccccc2C=CC1O. The van der Waals surface area contributed by atoms with E-state index in [9.17, 15) is 30.0 Å². The maximum atomic E-state index is 12.6. The molecule has 0 saturated carbocycles. The molecule has 0 heterocycles. The van der Waals surface area contributed by atoms with Crippen LogP contribution in [0.4, 0.5) is 0 Å². The third-order valence-electron chi connectivity index (χ3n) is 6.13. The summed E-state index contributed by atoms with van der Waals surface area (Å²) in [5.41, 5.74) is -2.05. The number of aliphatic hydroxyl groups is 2. The van der Waals surface area contributed by atoms with E-state index in [2.05, 4.69) is 0 Å². The van der Waals surface area contributed by atoms with Crippen LogP contribution in [-0.4, -0.2) is 44.6 Å². The van der Waals surface area contributed by atoms with Crippen molar-refractivity contribution in [1.82, 2.24) is 0 Å². The molecule has 0 amide bonds. The zero-order valence-electron chi connectivity index (χ0n) is 15.4. The van der Waals surface area contributed by atoms with Crippen molar-refractivity contribution in [3.8, 4) is 0 Å². The van der Waals surface area contributed by atoms with Crippen LogP contribution >= 0.6 is 0 Å². The van der Waals surface area contributed by atoms with Crippen LogP contribution in [-0.2, 0) is 20.4 Å². The van der Waals surface area contributed by atoms with Crippen LogP contribution in [0.1, 0.15) is 28.7 Å². The van der Waals surface area contributed by atoms with E-state index in [4.69, 9.17) is 0 Å². The summed E-state index contributed by atoms with van der Waals surface area (Å²) in [5.74, 6) is -2.69. The molecule has 0 aliphatic heterocycles. The van der Waals surface area contributed by atoms with Crippen molar-refractivity contribution in [2.75, 3.05) is 0 Å². The van der Waals surface area contributed by atoms with Crippen LogP contribution in [0.15, 0.2) is 60.7 Å². The van der Waals surface area contributed by atoms with Crippen molar-refractivity contribution >= 4 is 24.1 Å². The van der Waals surface area contributed by atoms with Crippen LogP contribution in [0.3, 0.4) is 0 Å². The van der Waals surface area contributed by atoms with Crippen molar-refractivity contribution in [3.05, 3.63) is 82.9 Å². The molecular weight excluding hydrogens is 372 g/mol. The number of hydrogen-bond acceptors (Lipinski definition) is 4. The highest BCUT2D eigenvalue weighted by Gasteiger charge is 2.59. The molecule has 4 unspecified atom stereocenters. The Morgan fingerprint density at radius 2 is 1.10 bits per heavy atom. The third-order valence-corrected chi connectivity index (χ3v) is 6.13. The lowest BCUT2D eigenvalue weighted by Gasteiger charge is -2.45. The van der Waals surface area contributed by atoms with Crippen LogP contribution in [0.5, 0.6) is 0 Å². The summed E-state index contributed by atoms with van der Waals surface area (Å²) in [6.45, 7) is 0. The molecule has 2 aliphatic rings. The number of rotatable bonds is 4. The van der Waals surface area contributed by atoms with Gasteiger partial charge in [-0.25, -0.2) is 0 Å². The van der Waals surface area contributed by atoms with Crippen LogP contribution in [0.2, 0.25) is 0 Å². The minimum absolute atomic E-state index is 0.322. The zero-order chi connectivity index (χ0) is 20.8. The molecule has 0 bridgehead atoms. The van der Waals surface area contributed by atoms with Gasteiger partial charge in [-0.05, 0) is 28.7 Å². The molecule has 4 rings (SSSR count). The molecule has 6 nitrogen and oxygen atoms in total. The molecule has 0 saturated heterocycles. The van der Waals surface area contributed by atoms with Crippen molar-refractivity contribution in [3.63, 3.8) is 0 Å². The minimum Gasteiger partial charge on any atom is -0.480 e. The molecule has 0 spiro atoms. The lowest BCUT2D eigenvalue weighted by molar-refractivity contribution is -0.155. The molecule has 0 aromatic heterocycles. The predicted molar refractivity (Wildman–Crippen MR) is 106 cm³/mol. The Labute approximate surface area is 167 Å². The number of fused-ring (bicyclic) bond motifs is 2. The first-order chi connectivity index (χ1) is 13.8. The van der Waals surface area contributed by atoms with Gasteiger partial charge >= 0.3 is 11.9 Å². The number of carbonyl (C=O) groups is 2.